The minimum absolute atomic E-state index is 1.06. The van der Waals surface area contributed by atoms with Gasteiger partial charge in [-0.05, 0) is 18.3 Å². The second kappa shape index (κ2) is 1.25. The zero-order chi connectivity index (χ0) is 4.57. The molecule has 0 aliphatic heterocycles. The first-order chi connectivity index (χ1) is 2.84. The van der Waals surface area contributed by atoms with E-state index in [4.69, 9.17) is 0 Å². The number of rotatable bonds is 1. The Morgan fingerprint density at radius 3 is 2.17 bits per heavy atom. The van der Waals surface area contributed by atoms with Gasteiger partial charge in [-0.3, -0.25) is 0 Å². The van der Waals surface area contributed by atoms with Crippen LogP contribution in [0.25, 0.3) is 0 Å². The van der Waals surface area contributed by atoms with Crippen molar-refractivity contribution in [2.24, 2.45) is 11.8 Å². The van der Waals surface area contributed by atoms with Gasteiger partial charge in [0, 0.05) is 0 Å². The molecule has 0 aromatic rings. The summed E-state index contributed by atoms with van der Waals surface area (Å²) in [7, 11) is 0. The highest BCUT2D eigenvalue weighted by Crippen LogP contribution is 2.39. The summed E-state index contributed by atoms with van der Waals surface area (Å²) < 4.78 is 0. The normalized spacial score (nSPS) is 43.0. The molecule has 0 heterocycles. The van der Waals surface area contributed by atoms with E-state index in [0.717, 1.165) is 11.8 Å². The molecule has 36 valence electrons. The average Bonchev–Trinajstić information content (AvgIpc) is 2.19. The van der Waals surface area contributed by atoms with Crippen LogP contribution in [0.3, 0.4) is 0 Å². The monoisotopic (exact) mass is 84.1 g/mol. The Kier molecular flexibility index (Phi) is 0.868. The third kappa shape index (κ3) is 0.562. The molecule has 1 fully saturated rings. The topological polar surface area (TPSA) is 0 Å². The molecule has 0 saturated heterocycles. The van der Waals surface area contributed by atoms with Gasteiger partial charge in [-0.15, -0.1) is 0 Å². The van der Waals surface area contributed by atoms with E-state index in [2.05, 4.69) is 13.8 Å². The molecule has 2 atom stereocenters. The maximum atomic E-state index is 2.33. The van der Waals surface area contributed by atoms with Crippen LogP contribution >= 0.6 is 0 Å². The van der Waals surface area contributed by atoms with Crippen molar-refractivity contribution < 1.29 is 0 Å². The first-order valence-electron chi connectivity index (χ1n) is 2.84. The van der Waals surface area contributed by atoms with Gasteiger partial charge in [-0.25, -0.2) is 0 Å². The summed E-state index contributed by atoms with van der Waals surface area (Å²) in [6.07, 6.45) is 2.90. The summed E-state index contributed by atoms with van der Waals surface area (Å²) in [6, 6.07) is 0. The van der Waals surface area contributed by atoms with Crippen LogP contribution in [0.2, 0.25) is 0 Å². The highest BCUT2D eigenvalue weighted by atomic mass is 14.3. The lowest BCUT2D eigenvalue weighted by Gasteiger charge is -1.79. The Morgan fingerprint density at radius 1 is 1.67 bits per heavy atom. The molecule has 0 bridgehead atoms. The summed E-state index contributed by atoms with van der Waals surface area (Å²) in [5.74, 6) is 2.17. The minimum atomic E-state index is 1.06. The molecule has 1 saturated carbocycles. The molecule has 0 aromatic heterocycles. The largest absolute Gasteiger partial charge is 0.0651 e. The number of hydrogen-bond donors (Lipinski definition) is 0. The van der Waals surface area contributed by atoms with Crippen LogP contribution in [-0.4, -0.2) is 0 Å². The molecule has 6 heavy (non-hydrogen) atoms. The van der Waals surface area contributed by atoms with Crippen LogP contribution in [0.5, 0.6) is 0 Å². The van der Waals surface area contributed by atoms with E-state index in [-0.39, 0.29) is 0 Å². The molecule has 1 rings (SSSR count). The fraction of sp³-hybridized carbons (Fsp3) is 1.00. The first-order valence-corrected chi connectivity index (χ1v) is 2.84. The van der Waals surface area contributed by atoms with Gasteiger partial charge in [-0.1, -0.05) is 20.3 Å². The zero-order valence-corrected chi connectivity index (χ0v) is 4.57. The van der Waals surface area contributed by atoms with Crippen molar-refractivity contribution >= 4 is 0 Å². The van der Waals surface area contributed by atoms with Gasteiger partial charge in [0.25, 0.3) is 0 Å². The average molecular weight is 84.2 g/mol. The molecule has 0 spiro atoms. The molecule has 0 nitrogen and oxygen atoms in total. The van der Waals surface area contributed by atoms with Crippen molar-refractivity contribution in [1.82, 2.24) is 0 Å². The lowest BCUT2D eigenvalue weighted by atomic mass is 10.3. The van der Waals surface area contributed by atoms with E-state index in [9.17, 15) is 0 Å². The van der Waals surface area contributed by atoms with Crippen LogP contribution in [0.4, 0.5) is 0 Å². The summed E-state index contributed by atoms with van der Waals surface area (Å²) in [4.78, 5) is 0. The Balaban J connectivity index is 2.09. The Labute approximate surface area is 39.6 Å². The molecule has 1 unspecified atom stereocenters. The van der Waals surface area contributed by atoms with Gasteiger partial charge in [-0.2, -0.15) is 0 Å². The minimum Gasteiger partial charge on any atom is -0.0651 e. The second-order valence-corrected chi connectivity index (χ2v) is 2.38. The van der Waals surface area contributed by atoms with Gasteiger partial charge in [0.1, 0.15) is 0 Å². The van der Waals surface area contributed by atoms with E-state index < -0.39 is 0 Å². The van der Waals surface area contributed by atoms with Crippen LogP contribution in [0.1, 0.15) is 26.7 Å². The van der Waals surface area contributed by atoms with E-state index in [1.54, 1.807) is 0 Å². The standard InChI is InChI=1S/C6H12/c1-3-6-4-5(6)2/h5-6H,3-4H2,1-2H3/t5?,6-/m0/s1. The fourth-order valence-electron chi connectivity index (χ4n) is 0.968. The highest BCUT2D eigenvalue weighted by molar-refractivity contribution is 4.80. The molecule has 0 radical (unpaired) electrons. The van der Waals surface area contributed by atoms with Crippen LogP contribution < -0.4 is 0 Å². The van der Waals surface area contributed by atoms with Crippen molar-refractivity contribution in [2.75, 3.05) is 0 Å². The van der Waals surface area contributed by atoms with Crippen LogP contribution in [-0.2, 0) is 0 Å². The second-order valence-electron chi connectivity index (χ2n) is 2.38. The third-order valence-corrected chi connectivity index (χ3v) is 1.80. The summed E-state index contributed by atoms with van der Waals surface area (Å²) in [5, 5.41) is 0. The summed E-state index contributed by atoms with van der Waals surface area (Å²) in [6.45, 7) is 4.60. The molecule has 1 aliphatic carbocycles. The highest BCUT2D eigenvalue weighted by Gasteiger charge is 2.29. The first kappa shape index (κ1) is 4.17. The molecule has 0 heteroatoms. The lowest BCUT2D eigenvalue weighted by molar-refractivity contribution is 0.724. The molecule has 0 N–H and O–H groups in total. The van der Waals surface area contributed by atoms with Gasteiger partial charge >= 0.3 is 0 Å². The van der Waals surface area contributed by atoms with E-state index in [0.29, 0.717) is 0 Å². The van der Waals surface area contributed by atoms with Crippen molar-refractivity contribution in [1.29, 1.82) is 0 Å². The fourth-order valence-corrected chi connectivity index (χ4v) is 0.968. The SMILES string of the molecule is CC[C@H]1CC1C. The summed E-state index contributed by atoms with van der Waals surface area (Å²) in [5.41, 5.74) is 0. The molecule has 1 aliphatic rings. The van der Waals surface area contributed by atoms with Crippen molar-refractivity contribution in [3.63, 3.8) is 0 Å². The lowest BCUT2D eigenvalue weighted by Crippen LogP contribution is -1.68. The quantitative estimate of drug-likeness (QED) is 0.456. The van der Waals surface area contributed by atoms with Gasteiger partial charge in [0.2, 0.25) is 0 Å². The van der Waals surface area contributed by atoms with Crippen molar-refractivity contribution in [3.8, 4) is 0 Å². The Bertz CT molecular complexity index is 46.0. The Morgan fingerprint density at radius 2 is 2.17 bits per heavy atom. The Hall–Kier alpha value is 0. The molecular formula is C6H12. The number of hydrogen-bond acceptors (Lipinski definition) is 0. The molecule has 0 amide bonds. The van der Waals surface area contributed by atoms with E-state index in [1.807, 2.05) is 0 Å². The molecule has 0 aromatic carbocycles. The maximum Gasteiger partial charge on any atom is -0.0388 e. The summed E-state index contributed by atoms with van der Waals surface area (Å²) >= 11 is 0. The smallest absolute Gasteiger partial charge is 0.0388 e. The predicted octanol–water partition coefficient (Wildman–Crippen LogP) is 2.05. The van der Waals surface area contributed by atoms with Crippen molar-refractivity contribution in [3.05, 3.63) is 0 Å². The molecular weight excluding hydrogens is 72.1 g/mol. The van der Waals surface area contributed by atoms with E-state index in [1.165, 1.54) is 12.8 Å². The van der Waals surface area contributed by atoms with Gasteiger partial charge in [0.15, 0.2) is 0 Å². The van der Waals surface area contributed by atoms with E-state index >= 15 is 0 Å². The predicted molar refractivity (Wildman–Crippen MR) is 27.6 cm³/mol. The van der Waals surface area contributed by atoms with Crippen LogP contribution in [0, 0.1) is 11.8 Å². The van der Waals surface area contributed by atoms with Crippen LogP contribution in [0.15, 0.2) is 0 Å². The zero-order valence-electron chi connectivity index (χ0n) is 4.57. The van der Waals surface area contributed by atoms with Gasteiger partial charge in [0.05, 0.1) is 0 Å². The maximum absolute atomic E-state index is 2.33. The third-order valence-electron chi connectivity index (χ3n) is 1.80. The van der Waals surface area contributed by atoms with Gasteiger partial charge < -0.3 is 0 Å². The van der Waals surface area contributed by atoms with Crippen molar-refractivity contribution in [2.45, 2.75) is 26.7 Å².